The van der Waals surface area contributed by atoms with Gasteiger partial charge in [-0.1, -0.05) is 31.5 Å². The topological polar surface area (TPSA) is 72.8 Å². The zero-order valence-corrected chi connectivity index (χ0v) is 14.9. The molecule has 0 heterocycles. The highest BCUT2D eigenvalue weighted by molar-refractivity contribution is 6.03. The highest BCUT2D eigenvalue weighted by Gasteiger charge is 2.18. The molecule has 0 aliphatic heterocycles. The zero-order chi connectivity index (χ0) is 18.6. The number of rotatable bonds is 6. The van der Waals surface area contributed by atoms with E-state index >= 15 is 0 Å². The second kappa shape index (κ2) is 7.83. The molecule has 5 heteroatoms. The third-order valence-electron chi connectivity index (χ3n) is 3.89. The Kier molecular flexibility index (Phi) is 5.80. The molecule has 0 spiro atoms. The van der Waals surface area contributed by atoms with Crippen molar-refractivity contribution in [1.82, 2.24) is 0 Å². The van der Waals surface area contributed by atoms with Crippen molar-refractivity contribution in [2.45, 2.75) is 33.6 Å². The van der Waals surface area contributed by atoms with Gasteiger partial charge in [0.05, 0.1) is 7.11 Å². The summed E-state index contributed by atoms with van der Waals surface area (Å²) < 4.78 is 10.9. The van der Waals surface area contributed by atoms with Crippen molar-refractivity contribution in [2.75, 3.05) is 7.11 Å². The number of carboxylic acids is 1. The van der Waals surface area contributed by atoms with E-state index in [1.165, 1.54) is 21.0 Å². The molecule has 0 aliphatic rings. The molecule has 0 fully saturated rings. The molecule has 0 aromatic heterocycles. The van der Waals surface area contributed by atoms with Crippen LogP contribution >= 0.6 is 0 Å². The quantitative estimate of drug-likeness (QED) is 0.483. The number of benzene rings is 2. The smallest absolute Gasteiger partial charge is 0.331 e. The first kappa shape index (κ1) is 18.5. The molecule has 0 unspecified atom stereocenters. The van der Waals surface area contributed by atoms with E-state index in [1.54, 1.807) is 12.1 Å². The van der Waals surface area contributed by atoms with Crippen LogP contribution in [-0.2, 0) is 16.0 Å². The predicted molar refractivity (Wildman–Crippen MR) is 97.1 cm³/mol. The standard InChI is InChI=1S/C20H22O5/c1-5-7-14-8-6-9-16-15(10-12(2)20(22)23)11-17(24-4)19(18(14)16)25-13(3)21/h6,8-11H,5,7H2,1-4H3,(H,22,23)/b12-10-. The van der Waals surface area contributed by atoms with Crippen LogP contribution in [0.2, 0.25) is 0 Å². The minimum absolute atomic E-state index is 0.212. The molecule has 0 atom stereocenters. The fourth-order valence-corrected chi connectivity index (χ4v) is 2.81. The van der Waals surface area contributed by atoms with Crippen LogP contribution in [0, 0.1) is 0 Å². The number of fused-ring (bicyclic) bond motifs is 1. The van der Waals surface area contributed by atoms with Crippen LogP contribution in [0.5, 0.6) is 11.5 Å². The molecule has 132 valence electrons. The summed E-state index contributed by atoms with van der Waals surface area (Å²) in [6, 6.07) is 7.49. The average molecular weight is 342 g/mol. The summed E-state index contributed by atoms with van der Waals surface area (Å²) in [7, 11) is 1.49. The van der Waals surface area contributed by atoms with E-state index < -0.39 is 11.9 Å². The molecular weight excluding hydrogens is 320 g/mol. The molecule has 2 rings (SSSR count). The van der Waals surface area contributed by atoms with Crippen molar-refractivity contribution in [3.05, 3.63) is 41.0 Å². The summed E-state index contributed by atoms with van der Waals surface area (Å²) in [5.74, 6) is -0.647. The van der Waals surface area contributed by atoms with Gasteiger partial charge >= 0.3 is 11.9 Å². The van der Waals surface area contributed by atoms with Gasteiger partial charge in [0.25, 0.3) is 0 Å². The number of aliphatic carboxylic acids is 1. The van der Waals surface area contributed by atoms with E-state index in [0.717, 1.165) is 29.2 Å². The van der Waals surface area contributed by atoms with Gasteiger partial charge in [-0.05, 0) is 42.0 Å². The number of methoxy groups -OCH3 is 1. The average Bonchev–Trinajstić information content (AvgIpc) is 2.56. The van der Waals surface area contributed by atoms with E-state index in [9.17, 15) is 14.7 Å². The normalized spacial score (nSPS) is 11.4. The number of carbonyl (C=O) groups excluding carboxylic acids is 1. The molecule has 0 saturated heterocycles. The number of aryl methyl sites for hydroxylation is 1. The number of hydrogen-bond acceptors (Lipinski definition) is 4. The largest absolute Gasteiger partial charge is 0.493 e. The molecule has 0 saturated carbocycles. The maximum atomic E-state index is 11.6. The summed E-state index contributed by atoms with van der Waals surface area (Å²) in [6.07, 6.45) is 3.33. The zero-order valence-electron chi connectivity index (χ0n) is 14.9. The van der Waals surface area contributed by atoms with Crippen LogP contribution in [0.1, 0.15) is 38.3 Å². The summed E-state index contributed by atoms with van der Waals surface area (Å²) >= 11 is 0. The highest BCUT2D eigenvalue weighted by Crippen LogP contribution is 2.41. The maximum Gasteiger partial charge on any atom is 0.331 e. The van der Waals surface area contributed by atoms with E-state index in [0.29, 0.717) is 17.1 Å². The summed E-state index contributed by atoms with van der Waals surface area (Å²) in [6.45, 7) is 4.95. The summed E-state index contributed by atoms with van der Waals surface area (Å²) in [5.41, 5.74) is 1.95. The lowest BCUT2D eigenvalue weighted by atomic mass is 9.95. The number of carboxylic acid groups (broad SMARTS) is 1. The van der Waals surface area contributed by atoms with Gasteiger partial charge in [0, 0.05) is 17.9 Å². The van der Waals surface area contributed by atoms with Gasteiger partial charge in [0.2, 0.25) is 0 Å². The van der Waals surface area contributed by atoms with Crippen LogP contribution < -0.4 is 9.47 Å². The van der Waals surface area contributed by atoms with Gasteiger partial charge in [0.15, 0.2) is 11.5 Å². The number of ether oxygens (including phenoxy) is 2. The number of esters is 1. The maximum absolute atomic E-state index is 11.6. The molecular formula is C20H22O5. The van der Waals surface area contributed by atoms with Crippen molar-refractivity contribution in [3.8, 4) is 11.5 Å². The Balaban J connectivity index is 2.89. The Morgan fingerprint density at radius 2 is 1.96 bits per heavy atom. The van der Waals surface area contributed by atoms with E-state index in [4.69, 9.17) is 9.47 Å². The van der Waals surface area contributed by atoms with Crippen LogP contribution in [0.25, 0.3) is 16.8 Å². The van der Waals surface area contributed by atoms with Crippen molar-refractivity contribution in [2.24, 2.45) is 0 Å². The Hall–Kier alpha value is -2.82. The minimum Gasteiger partial charge on any atom is -0.493 e. The molecule has 0 radical (unpaired) electrons. The first-order valence-electron chi connectivity index (χ1n) is 8.11. The van der Waals surface area contributed by atoms with Crippen molar-refractivity contribution in [3.63, 3.8) is 0 Å². The second-order valence-electron chi connectivity index (χ2n) is 5.81. The van der Waals surface area contributed by atoms with Crippen molar-refractivity contribution in [1.29, 1.82) is 0 Å². The molecule has 25 heavy (non-hydrogen) atoms. The molecule has 2 aromatic rings. The first-order chi connectivity index (χ1) is 11.9. The van der Waals surface area contributed by atoms with E-state index in [-0.39, 0.29) is 5.57 Å². The fourth-order valence-electron chi connectivity index (χ4n) is 2.81. The Morgan fingerprint density at radius 1 is 1.24 bits per heavy atom. The molecule has 0 bridgehead atoms. The number of hydrogen-bond donors (Lipinski definition) is 1. The molecule has 5 nitrogen and oxygen atoms in total. The SMILES string of the molecule is CCCc1cccc2c(/C=C(/C)C(=O)O)cc(OC)c(OC(C)=O)c12. The van der Waals surface area contributed by atoms with Gasteiger partial charge in [0.1, 0.15) is 0 Å². The lowest BCUT2D eigenvalue weighted by Gasteiger charge is -2.16. The van der Waals surface area contributed by atoms with Crippen LogP contribution in [0.15, 0.2) is 29.8 Å². The molecule has 1 N–H and O–H groups in total. The van der Waals surface area contributed by atoms with Crippen LogP contribution in [-0.4, -0.2) is 24.2 Å². The van der Waals surface area contributed by atoms with E-state index in [2.05, 4.69) is 6.92 Å². The van der Waals surface area contributed by atoms with Gasteiger partial charge in [-0.3, -0.25) is 4.79 Å². The lowest BCUT2D eigenvalue weighted by Crippen LogP contribution is -2.05. The van der Waals surface area contributed by atoms with Gasteiger partial charge in [-0.25, -0.2) is 4.79 Å². The Bertz CT molecular complexity index is 849. The molecule has 0 amide bonds. The van der Waals surface area contributed by atoms with E-state index in [1.807, 2.05) is 18.2 Å². The van der Waals surface area contributed by atoms with Crippen LogP contribution in [0.4, 0.5) is 0 Å². The summed E-state index contributed by atoms with van der Waals surface area (Å²) in [4.78, 5) is 22.8. The van der Waals surface area contributed by atoms with Gasteiger partial charge < -0.3 is 14.6 Å². The van der Waals surface area contributed by atoms with Crippen molar-refractivity contribution < 1.29 is 24.2 Å². The third kappa shape index (κ3) is 3.99. The second-order valence-corrected chi connectivity index (χ2v) is 5.81. The van der Waals surface area contributed by atoms with Gasteiger partial charge in [-0.2, -0.15) is 0 Å². The minimum atomic E-state index is -0.985. The first-order valence-corrected chi connectivity index (χ1v) is 8.11. The monoisotopic (exact) mass is 342 g/mol. The van der Waals surface area contributed by atoms with Crippen LogP contribution in [0.3, 0.4) is 0 Å². The predicted octanol–water partition coefficient (Wildman–Crippen LogP) is 4.21. The Morgan fingerprint density at radius 3 is 2.52 bits per heavy atom. The highest BCUT2D eigenvalue weighted by atomic mass is 16.6. The summed E-state index contributed by atoms with van der Waals surface area (Å²) in [5, 5.41) is 10.8. The Labute approximate surface area is 146 Å². The number of carbonyl (C=O) groups is 2. The fraction of sp³-hybridized carbons (Fsp3) is 0.300. The van der Waals surface area contributed by atoms with Crippen molar-refractivity contribution >= 4 is 28.8 Å². The third-order valence-corrected chi connectivity index (χ3v) is 3.89. The molecule has 0 aliphatic carbocycles. The lowest BCUT2D eigenvalue weighted by molar-refractivity contribution is -0.133. The van der Waals surface area contributed by atoms with Gasteiger partial charge in [-0.15, -0.1) is 0 Å². The molecule has 2 aromatic carbocycles.